The Morgan fingerprint density at radius 1 is 1.40 bits per heavy atom. The Labute approximate surface area is 38.4 Å². The molecule has 3 heteroatoms. The molecule has 0 saturated carbocycles. The predicted molar refractivity (Wildman–Crippen MR) is 34.9 cm³/mol. The molecule has 0 N–H and O–H groups in total. The highest BCUT2D eigenvalue weighted by Gasteiger charge is 1.31. The second-order valence-corrected chi connectivity index (χ2v) is 0. The summed E-state index contributed by atoms with van der Waals surface area (Å²) in [5, 5.41) is 0. The molecule has 5 heavy (non-hydrogen) atoms. The standard InChI is InChI=1S/2CH4.B3H3/c;;1-3-2/h2*1H4;1H3/q;;-1. The van der Waals surface area contributed by atoms with Crippen LogP contribution in [0.3, 0.4) is 0 Å². The molecular weight excluding hydrogens is 56.5 g/mol. The van der Waals surface area contributed by atoms with E-state index in [4.69, 9.17) is 7.74 Å². The molecule has 0 aromatic rings. The summed E-state index contributed by atoms with van der Waals surface area (Å²) in [6.45, 7) is 0. The van der Waals surface area contributed by atoms with Crippen LogP contribution in [0.1, 0.15) is 14.9 Å². The van der Waals surface area contributed by atoms with E-state index in [2.05, 4.69) is 0 Å². The molecule has 0 saturated heterocycles. The molecule has 0 aliphatic carbocycles. The lowest BCUT2D eigenvalue weighted by molar-refractivity contribution is 2.50. The Balaban J connectivity index is -0.0000000200. The van der Waals surface area contributed by atoms with Crippen molar-refractivity contribution >= 4 is 22.5 Å². The minimum absolute atomic E-state index is 0. The van der Waals surface area contributed by atoms with E-state index in [9.17, 15) is 0 Å². The summed E-state index contributed by atoms with van der Waals surface area (Å²) in [4.78, 5) is 0. The van der Waals surface area contributed by atoms with Gasteiger partial charge in [-0.15, -0.1) is 0 Å². The van der Waals surface area contributed by atoms with Crippen molar-refractivity contribution in [1.29, 1.82) is 0 Å². The van der Waals surface area contributed by atoms with Crippen molar-refractivity contribution in [3.8, 4) is 0 Å². The van der Waals surface area contributed by atoms with Gasteiger partial charge in [0.1, 0.15) is 0 Å². The van der Waals surface area contributed by atoms with Gasteiger partial charge in [0.05, 0.1) is 0 Å². The number of rotatable bonds is 0. The van der Waals surface area contributed by atoms with Crippen LogP contribution in [0.25, 0.3) is 0 Å². The highest BCUT2D eigenvalue weighted by molar-refractivity contribution is 7.17. The zero-order chi connectivity index (χ0) is 2.71. The van der Waals surface area contributed by atoms with Crippen LogP contribution in [0.15, 0.2) is 0 Å². The molecule has 0 aliphatic rings. The van der Waals surface area contributed by atoms with Gasteiger partial charge in [-0.1, -0.05) is 22.6 Å². The molecule has 0 amide bonds. The molecule has 0 atom stereocenters. The summed E-state index contributed by atoms with van der Waals surface area (Å²) in [6, 6.07) is 0. The topological polar surface area (TPSA) is 0 Å². The molecule has 0 aromatic carbocycles. The van der Waals surface area contributed by atoms with E-state index >= 15 is 0 Å². The lowest BCUT2D eigenvalue weighted by Gasteiger charge is -1.52. The third kappa shape index (κ3) is 532. The second-order valence-electron chi connectivity index (χ2n) is 0. The molecular formula is C2H11B3-. The fourth-order valence-corrected chi connectivity index (χ4v) is 0. The summed E-state index contributed by atoms with van der Waals surface area (Å²) in [5.74, 6) is 0. The molecule has 0 bridgehead atoms. The van der Waals surface area contributed by atoms with Gasteiger partial charge < -0.3 is 0 Å². The summed E-state index contributed by atoms with van der Waals surface area (Å²) < 4.78 is 0. The normalized spacial score (nSPS) is 2.60. The highest BCUT2D eigenvalue weighted by Crippen LogP contribution is 1.03. The minimum Gasteiger partial charge on any atom is -0.159 e. The van der Waals surface area contributed by atoms with Gasteiger partial charge in [0.15, 0.2) is 0 Å². The average Bonchev–Trinajstić information content (AvgIpc) is 0.918. The minimum atomic E-state index is 0. The quantitative estimate of drug-likeness (QED) is 0.330. The molecule has 0 nitrogen and oxygen atoms in total. The summed E-state index contributed by atoms with van der Waals surface area (Å²) >= 11 is 0. The largest absolute Gasteiger partial charge is 0.159 e. The maximum atomic E-state index is 4.83. The summed E-state index contributed by atoms with van der Waals surface area (Å²) in [7, 11) is 7.00. The Kier molecular flexibility index (Phi) is 114. The van der Waals surface area contributed by atoms with E-state index in [0.717, 1.165) is 0 Å². The van der Waals surface area contributed by atoms with Crippen LogP contribution < -0.4 is 0 Å². The van der Waals surface area contributed by atoms with Crippen molar-refractivity contribution in [3.63, 3.8) is 0 Å². The third-order valence-electron chi connectivity index (χ3n) is 0. The molecule has 0 unspecified atom stereocenters. The zero-order valence-corrected chi connectivity index (χ0v) is 1.15. The van der Waals surface area contributed by atoms with Gasteiger partial charge >= 0.3 is 0 Å². The van der Waals surface area contributed by atoms with E-state index in [1.165, 1.54) is 0 Å². The van der Waals surface area contributed by atoms with Gasteiger partial charge in [-0.2, -0.15) is 7.06 Å². The predicted octanol–water partition coefficient (Wildman–Crippen LogP) is -0.673. The molecule has 0 aromatic heterocycles. The second kappa shape index (κ2) is 30.0. The maximum Gasteiger partial charge on any atom is -0.0380 e. The van der Waals surface area contributed by atoms with Crippen molar-refractivity contribution in [3.05, 3.63) is 0 Å². The van der Waals surface area contributed by atoms with Crippen LogP contribution in [0, 0.1) is 0 Å². The zero-order valence-electron chi connectivity index (χ0n) is 1.15. The summed E-state index contributed by atoms with van der Waals surface area (Å²) in [5.41, 5.74) is 0. The van der Waals surface area contributed by atoms with E-state index in [1.807, 2.05) is 0 Å². The smallest absolute Gasteiger partial charge is 0.0380 e. The highest BCUT2D eigenvalue weighted by atomic mass is 12.2. The fourth-order valence-electron chi connectivity index (χ4n) is 0. The van der Waals surface area contributed by atoms with Crippen molar-refractivity contribution in [2.24, 2.45) is 0 Å². The molecule has 0 fully saturated rings. The van der Waals surface area contributed by atoms with Crippen LogP contribution in [0.5, 0.6) is 0 Å². The van der Waals surface area contributed by atoms with Crippen LogP contribution in [-0.2, 0) is 0 Å². The van der Waals surface area contributed by atoms with Crippen molar-refractivity contribution < 1.29 is 0 Å². The fraction of sp³-hybridized carbons (Fsp3) is 1.00. The monoisotopic (exact) mass is 68.1 g/mol. The first-order valence-electron chi connectivity index (χ1n) is 0.333. The van der Waals surface area contributed by atoms with E-state index in [0.29, 0.717) is 7.74 Å². The van der Waals surface area contributed by atoms with E-state index in [-0.39, 0.29) is 14.9 Å². The van der Waals surface area contributed by atoms with Crippen molar-refractivity contribution in [2.45, 2.75) is 14.9 Å². The first-order valence-corrected chi connectivity index (χ1v) is 0.333. The average molecular weight is 67.5 g/mol. The van der Waals surface area contributed by atoms with Crippen LogP contribution in [0.2, 0.25) is 0 Å². The van der Waals surface area contributed by atoms with Gasteiger partial charge in [-0.05, 0) is 7.74 Å². The van der Waals surface area contributed by atoms with Crippen LogP contribution >= 0.6 is 0 Å². The number of hydrogen-bond donors (Lipinski definition) is 0. The Morgan fingerprint density at radius 2 is 1.40 bits per heavy atom. The first kappa shape index (κ1) is 19.0. The lowest BCUT2D eigenvalue weighted by atomic mass is 9.40. The van der Waals surface area contributed by atoms with Crippen molar-refractivity contribution in [2.75, 3.05) is 0 Å². The van der Waals surface area contributed by atoms with Gasteiger partial charge in [0.2, 0.25) is 0 Å². The summed E-state index contributed by atoms with van der Waals surface area (Å²) in [6.07, 6.45) is 0. The Bertz CT molecular complexity index is 4.85. The maximum absolute atomic E-state index is 4.83. The lowest BCUT2D eigenvalue weighted by Crippen LogP contribution is -1.79. The molecule has 0 heterocycles. The molecule has 3 radical (unpaired) electrons. The molecule has 0 spiro atoms. The molecule has 0 rings (SSSR count). The Morgan fingerprint density at radius 3 is 1.40 bits per heavy atom. The van der Waals surface area contributed by atoms with Gasteiger partial charge in [-0.3, -0.25) is 0 Å². The molecule has 29 valence electrons. The van der Waals surface area contributed by atoms with Gasteiger partial charge in [0, 0.05) is 0 Å². The molecule has 0 aliphatic heterocycles. The SMILES string of the molecule is C.C.[B][B][BH3-]. The van der Waals surface area contributed by atoms with Gasteiger partial charge in [0.25, 0.3) is 0 Å². The van der Waals surface area contributed by atoms with Crippen LogP contribution in [-0.4, -0.2) is 22.5 Å². The first-order chi connectivity index (χ1) is 1.41. The van der Waals surface area contributed by atoms with Crippen LogP contribution in [0.4, 0.5) is 0 Å². The van der Waals surface area contributed by atoms with E-state index in [1.54, 1.807) is 7.06 Å². The third-order valence-corrected chi connectivity index (χ3v) is 0. The number of hydrogen-bond acceptors (Lipinski definition) is 0. The Hall–Kier alpha value is 0.195. The van der Waals surface area contributed by atoms with Crippen molar-refractivity contribution in [1.82, 2.24) is 0 Å². The van der Waals surface area contributed by atoms with E-state index < -0.39 is 0 Å². The van der Waals surface area contributed by atoms with Gasteiger partial charge in [-0.25, -0.2) is 0 Å².